The number of halogens is 1. The van der Waals surface area contributed by atoms with Gasteiger partial charge in [0.2, 0.25) is 5.88 Å². The van der Waals surface area contributed by atoms with Crippen LogP contribution in [-0.4, -0.2) is 56.2 Å². The van der Waals surface area contributed by atoms with E-state index in [1.165, 1.54) is 16.8 Å². The summed E-state index contributed by atoms with van der Waals surface area (Å²) in [6, 6.07) is 10.4. The molecule has 1 aromatic carbocycles. The molecule has 3 rings (SSSR count). The second-order valence-electron chi connectivity index (χ2n) is 6.80. The van der Waals surface area contributed by atoms with Crippen LogP contribution in [0, 0.1) is 13.8 Å². The number of ether oxygens (including phenoxy) is 1. The van der Waals surface area contributed by atoms with Crippen molar-refractivity contribution in [2.24, 2.45) is 4.99 Å². The third-order valence-corrected chi connectivity index (χ3v) is 5.17. The van der Waals surface area contributed by atoms with Crippen molar-refractivity contribution in [3.05, 3.63) is 53.2 Å². The molecule has 0 atom stereocenters. The molecule has 1 saturated heterocycles. The minimum absolute atomic E-state index is 0. The van der Waals surface area contributed by atoms with Crippen molar-refractivity contribution in [3.8, 4) is 5.88 Å². The standard InChI is InChI=1S/C21H29N5O.HI/c1-16-6-5-7-19(17(16)2)25-10-12-26(13-11-25)21(22-3)24-15-18-8-9-20(27-4)23-14-18;/h5-9,14H,10-13,15H2,1-4H3,(H,22,24);1H. The maximum atomic E-state index is 5.11. The van der Waals surface area contributed by atoms with E-state index in [2.05, 4.69) is 57.1 Å². The summed E-state index contributed by atoms with van der Waals surface area (Å²) >= 11 is 0. The van der Waals surface area contributed by atoms with Gasteiger partial charge in [-0.3, -0.25) is 4.99 Å². The van der Waals surface area contributed by atoms with Crippen molar-refractivity contribution in [3.63, 3.8) is 0 Å². The van der Waals surface area contributed by atoms with E-state index in [1.807, 2.05) is 25.4 Å². The van der Waals surface area contributed by atoms with Gasteiger partial charge in [-0.2, -0.15) is 0 Å². The van der Waals surface area contributed by atoms with Gasteiger partial charge in [-0.25, -0.2) is 4.98 Å². The van der Waals surface area contributed by atoms with Crippen LogP contribution in [0.1, 0.15) is 16.7 Å². The molecule has 0 saturated carbocycles. The van der Waals surface area contributed by atoms with Crippen LogP contribution in [0.2, 0.25) is 0 Å². The summed E-state index contributed by atoms with van der Waals surface area (Å²) in [6.45, 7) is 8.97. The summed E-state index contributed by atoms with van der Waals surface area (Å²) in [5, 5.41) is 3.44. The van der Waals surface area contributed by atoms with Crippen LogP contribution in [0.5, 0.6) is 5.88 Å². The Bertz CT molecular complexity index is 786. The van der Waals surface area contributed by atoms with Gasteiger partial charge < -0.3 is 19.9 Å². The van der Waals surface area contributed by atoms with Crippen molar-refractivity contribution < 1.29 is 4.74 Å². The quantitative estimate of drug-likeness (QED) is 0.401. The highest BCUT2D eigenvalue weighted by Gasteiger charge is 2.21. The van der Waals surface area contributed by atoms with Crippen molar-refractivity contribution >= 4 is 35.6 Å². The molecule has 2 heterocycles. The van der Waals surface area contributed by atoms with Crippen LogP contribution in [0.25, 0.3) is 0 Å². The Labute approximate surface area is 185 Å². The molecule has 1 aliphatic rings. The SMILES string of the molecule is CN=C(NCc1ccc(OC)nc1)N1CCN(c2cccc(C)c2C)CC1.I. The molecule has 0 aliphatic carbocycles. The smallest absolute Gasteiger partial charge is 0.212 e. The van der Waals surface area contributed by atoms with Crippen molar-refractivity contribution in [1.29, 1.82) is 0 Å². The predicted octanol–water partition coefficient (Wildman–Crippen LogP) is 3.22. The first-order valence-corrected chi connectivity index (χ1v) is 9.38. The van der Waals surface area contributed by atoms with Gasteiger partial charge in [-0.15, -0.1) is 24.0 Å². The lowest BCUT2D eigenvalue weighted by atomic mass is 10.1. The third-order valence-electron chi connectivity index (χ3n) is 5.17. The van der Waals surface area contributed by atoms with Crippen LogP contribution in [0.3, 0.4) is 0 Å². The molecule has 1 aromatic heterocycles. The van der Waals surface area contributed by atoms with Crippen LogP contribution >= 0.6 is 24.0 Å². The topological polar surface area (TPSA) is 53.0 Å². The zero-order chi connectivity index (χ0) is 19.2. The van der Waals surface area contributed by atoms with E-state index in [-0.39, 0.29) is 24.0 Å². The molecule has 6 nitrogen and oxygen atoms in total. The zero-order valence-corrected chi connectivity index (χ0v) is 19.4. The Morgan fingerprint density at radius 1 is 1.14 bits per heavy atom. The summed E-state index contributed by atoms with van der Waals surface area (Å²) in [5.41, 5.74) is 5.17. The monoisotopic (exact) mass is 495 g/mol. The van der Waals surface area contributed by atoms with E-state index in [9.17, 15) is 0 Å². The van der Waals surface area contributed by atoms with Crippen LogP contribution < -0.4 is 15.0 Å². The number of methoxy groups -OCH3 is 1. The number of aliphatic imine (C=N–C) groups is 1. The Kier molecular flexibility index (Phi) is 8.35. The molecule has 0 bridgehead atoms. The average molecular weight is 495 g/mol. The number of piperazine rings is 1. The van der Waals surface area contributed by atoms with Gasteiger partial charge in [-0.05, 0) is 36.6 Å². The van der Waals surface area contributed by atoms with E-state index < -0.39 is 0 Å². The lowest BCUT2D eigenvalue weighted by Crippen LogP contribution is -2.52. The van der Waals surface area contributed by atoms with E-state index in [0.29, 0.717) is 12.4 Å². The first-order valence-electron chi connectivity index (χ1n) is 9.38. The number of nitrogens with zero attached hydrogens (tertiary/aromatic N) is 4. The lowest BCUT2D eigenvalue weighted by Gasteiger charge is -2.38. The number of anilines is 1. The molecule has 0 unspecified atom stereocenters. The van der Waals surface area contributed by atoms with Gasteiger partial charge in [0.1, 0.15) is 0 Å². The maximum absolute atomic E-state index is 5.11. The van der Waals surface area contributed by atoms with E-state index >= 15 is 0 Å². The number of rotatable bonds is 4. The molecule has 0 radical (unpaired) electrons. The third kappa shape index (κ3) is 5.27. The molecule has 0 spiro atoms. The fraction of sp³-hybridized carbons (Fsp3) is 0.429. The molecule has 0 amide bonds. The van der Waals surface area contributed by atoms with Gasteiger partial charge in [0.15, 0.2) is 5.96 Å². The van der Waals surface area contributed by atoms with Crippen molar-refractivity contribution in [2.45, 2.75) is 20.4 Å². The number of pyridine rings is 1. The van der Waals surface area contributed by atoms with Gasteiger partial charge in [0, 0.05) is 57.7 Å². The Balaban J connectivity index is 0.00000280. The number of aromatic nitrogens is 1. The summed E-state index contributed by atoms with van der Waals surface area (Å²) < 4.78 is 5.11. The number of nitrogens with one attached hydrogen (secondary N) is 1. The second-order valence-corrected chi connectivity index (χ2v) is 6.80. The minimum atomic E-state index is 0. The van der Waals surface area contributed by atoms with Crippen LogP contribution in [-0.2, 0) is 6.54 Å². The van der Waals surface area contributed by atoms with E-state index in [1.54, 1.807) is 7.11 Å². The van der Waals surface area contributed by atoms with Gasteiger partial charge in [-0.1, -0.05) is 18.2 Å². The van der Waals surface area contributed by atoms with Crippen molar-refractivity contribution in [2.75, 3.05) is 45.2 Å². The maximum Gasteiger partial charge on any atom is 0.212 e. The van der Waals surface area contributed by atoms with Crippen molar-refractivity contribution in [1.82, 2.24) is 15.2 Å². The van der Waals surface area contributed by atoms with Gasteiger partial charge in [0.05, 0.1) is 7.11 Å². The number of hydrogen-bond donors (Lipinski definition) is 1. The number of benzene rings is 1. The minimum Gasteiger partial charge on any atom is -0.481 e. The molecule has 1 aliphatic heterocycles. The molecular formula is C21H30IN5O. The van der Waals surface area contributed by atoms with E-state index in [4.69, 9.17) is 4.74 Å². The highest BCUT2D eigenvalue weighted by molar-refractivity contribution is 14.0. The highest BCUT2D eigenvalue weighted by atomic mass is 127. The summed E-state index contributed by atoms with van der Waals surface area (Å²) in [6.07, 6.45) is 1.83. The largest absolute Gasteiger partial charge is 0.481 e. The Morgan fingerprint density at radius 3 is 2.50 bits per heavy atom. The molecular weight excluding hydrogens is 465 g/mol. The number of hydrogen-bond acceptors (Lipinski definition) is 4. The predicted molar refractivity (Wildman–Crippen MR) is 126 cm³/mol. The first kappa shape index (κ1) is 22.3. The van der Waals surface area contributed by atoms with Gasteiger partial charge >= 0.3 is 0 Å². The summed E-state index contributed by atoms with van der Waals surface area (Å²) in [4.78, 5) is 13.5. The Hall–Kier alpha value is -2.03. The number of guanidine groups is 1. The molecule has 7 heteroatoms. The first-order chi connectivity index (χ1) is 13.1. The molecule has 28 heavy (non-hydrogen) atoms. The van der Waals surface area contributed by atoms with Crippen LogP contribution in [0.4, 0.5) is 5.69 Å². The lowest BCUT2D eigenvalue weighted by molar-refractivity contribution is 0.372. The fourth-order valence-electron chi connectivity index (χ4n) is 3.39. The Morgan fingerprint density at radius 2 is 1.89 bits per heavy atom. The van der Waals surface area contributed by atoms with E-state index in [0.717, 1.165) is 37.7 Å². The molecule has 152 valence electrons. The molecule has 1 N–H and O–H groups in total. The molecule has 2 aromatic rings. The second kappa shape index (κ2) is 10.5. The van der Waals surface area contributed by atoms with Gasteiger partial charge in [0.25, 0.3) is 0 Å². The molecule has 1 fully saturated rings. The average Bonchev–Trinajstić information content (AvgIpc) is 2.71. The zero-order valence-electron chi connectivity index (χ0n) is 17.1. The van der Waals surface area contributed by atoms with Crippen LogP contribution in [0.15, 0.2) is 41.5 Å². The fourth-order valence-corrected chi connectivity index (χ4v) is 3.39. The number of aryl methyl sites for hydroxylation is 1. The summed E-state index contributed by atoms with van der Waals surface area (Å²) in [5.74, 6) is 1.57. The summed E-state index contributed by atoms with van der Waals surface area (Å²) in [7, 11) is 3.46. The normalized spacial score (nSPS) is 14.5. The highest BCUT2D eigenvalue weighted by Crippen LogP contribution is 2.23.